The lowest BCUT2D eigenvalue weighted by molar-refractivity contribution is -0.0664. The van der Waals surface area contributed by atoms with Gasteiger partial charge in [-0.25, -0.2) is 4.39 Å². The van der Waals surface area contributed by atoms with Crippen LogP contribution in [0.1, 0.15) is 22.5 Å². The Balaban J connectivity index is 1.61. The lowest BCUT2D eigenvalue weighted by Gasteiger charge is -2.50. The zero-order chi connectivity index (χ0) is 17.0. The summed E-state index contributed by atoms with van der Waals surface area (Å²) in [5, 5.41) is 3.89. The molecule has 2 aromatic rings. The van der Waals surface area contributed by atoms with Crippen LogP contribution in [0.15, 0.2) is 18.2 Å². The van der Waals surface area contributed by atoms with Gasteiger partial charge < -0.3 is 19.9 Å². The molecule has 1 saturated carbocycles. The summed E-state index contributed by atoms with van der Waals surface area (Å²) in [7, 11) is 4.01. The van der Waals surface area contributed by atoms with Crippen molar-refractivity contribution in [3.8, 4) is 0 Å². The van der Waals surface area contributed by atoms with E-state index in [4.69, 9.17) is 4.74 Å². The van der Waals surface area contributed by atoms with Crippen molar-refractivity contribution in [3.05, 3.63) is 35.3 Å². The minimum atomic E-state index is -0.339. The topological polar surface area (TPSA) is 57.4 Å². The van der Waals surface area contributed by atoms with Gasteiger partial charge in [-0.3, -0.25) is 4.79 Å². The Morgan fingerprint density at radius 2 is 2.21 bits per heavy atom. The van der Waals surface area contributed by atoms with Gasteiger partial charge in [-0.1, -0.05) is 12.1 Å². The van der Waals surface area contributed by atoms with Crippen LogP contribution >= 0.6 is 0 Å². The van der Waals surface area contributed by atoms with E-state index in [1.54, 1.807) is 6.07 Å². The van der Waals surface area contributed by atoms with Crippen LogP contribution in [0.2, 0.25) is 0 Å². The Bertz CT molecular complexity index is 801. The molecule has 2 N–H and O–H groups in total. The van der Waals surface area contributed by atoms with Crippen LogP contribution in [0.5, 0.6) is 0 Å². The smallest absolute Gasteiger partial charge is 0.268 e. The maximum Gasteiger partial charge on any atom is 0.268 e. The molecular weight excluding hydrogens is 309 g/mol. The largest absolute Gasteiger partial charge is 0.376 e. The van der Waals surface area contributed by atoms with Crippen LogP contribution < -0.4 is 5.32 Å². The van der Waals surface area contributed by atoms with Crippen molar-refractivity contribution < 1.29 is 13.9 Å². The number of ether oxygens (including phenoxy) is 1. The average Bonchev–Trinajstić information content (AvgIpc) is 3.08. The third-order valence-corrected chi connectivity index (χ3v) is 5.51. The predicted molar refractivity (Wildman–Crippen MR) is 89.6 cm³/mol. The molecule has 4 atom stereocenters. The fourth-order valence-electron chi connectivity index (χ4n) is 4.25. The lowest BCUT2D eigenvalue weighted by Crippen LogP contribution is -2.69. The number of hydrogen-bond donors (Lipinski definition) is 2. The maximum atomic E-state index is 13.9. The van der Waals surface area contributed by atoms with E-state index < -0.39 is 0 Å². The number of aryl methyl sites for hydroxylation is 1. The van der Waals surface area contributed by atoms with Gasteiger partial charge in [0, 0.05) is 17.9 Å². The van der Waals surface area contributed by atoms with Gasteiger partial charge in [-0.2, -0.15) is 0 Å². The first-order valence-corrected chi connectivity index (χ1v) is 8.34. The number of halogens is 1. The van der Waals surface area contributed by atoms with E-state index in [2.05, 4.69) is 15.2 Å². The number of likely N-dealkylation sites (N-methyl/N-ethyl adjacent to an activating group) is 1. The number of hydrogen-bond acceptors (Lipinski definition) is 3. The summed E-state index contributed by atoms with van der Waals surface area (Å²) in [6.45, 7) is 2.60. The first-order valence-electron chi connectivity index (χ1n) is 8.34. The SMILES string of the molecule is Cc1c(C(=O)N[C@H]2[C@H]3CCO[C@H]3[C@@H]2N(C)C)[nH]c2c(F)cccc12. The number of nitrogens with zero attached hydrogens (tertiary/aromatic N) is 1. The summed E-state index contributed by atoms with van der Waals surface area (Å²) in [4.78, 5) is 17.8. The van der Waals surface area contributed by atoms with Crippen LogP contribution in [0, 0.1) is 18.7 Å². The molecule has 1 aromatic carbocycles. The monoisotopic (exact) mass is 331 g/mol. The number of carbonyl (C=O) groups is 1. The Kier molecular flexibility index (Phi) is 3.62. The molecule has 1 aliphatic heterocycles. The van der Waals surface area contributed by atoms with Crippen molar-refractivity contribution in [2.45, 2.75) is 31.5 Å². The number of fused-ring (bicyclic) bond motifs is 2. The highest BCUT2D eigenvalue weighted by Gasteiger charge is 2.55. The van der Waals surface area contributed by atoms with Gasteiger partial charge in [0.15, 0.2) is 0 Å². The molecule has 1 saturated heterocycles. The molecule has 2 fully saturated rings. The summed E-state index contributed by atoms with van der Waals surface area (Å²) in [5.74, 6) is -0.151. The van der Waals surface area contributed by atoms with Crippen LogP contribution in [-0.4, -0.2) is 54.7 Å². The normalized spacial score (nSPS) is 28.9. The molecule has 24 heavy (non-hydrogen) atoms. The molecule has 4 rings (SSSR count). The zero-order valence-electron chi connectivity index (χ0n) is 14.1. The number of rotatable bonds is 3. The Hall–Kier alpha value is -1.92. The van der Waals surface area contributed by atoms with E-state index in [1.165, 1.54) is 6.07 Å². The number of para-hydroxylation sites is 1. The lowest BCUT2D eigenvalue weighted by atomic mass is 9.71. The molecule has 2 heterocycles. The average molecular weight is 331 g/mol. The fraction of sp³-hybridized carbons (Fsp3) is 0.500. The maximum absolute atomic E-state index is 13.9. The third-order valence-electron chi connectivity index (χ3n) is 5.51. The molecule has 0 unspecified atom stereocenters. The first-order chi connectivity index (χ1) is 11.5. The predicted octanol–water partition coefficient (Wildman–Crippen LogP) is 2.06. The second kappa shape index (κ2) is 5.57. The Labute approximate surface area is 140 Å². The minimum Gasteiger partial charge on any atom is -0.376 e. The minimum absolute atomic E-state index is 0.0654. The number of aromatic nitrogens is 1. The first kappa shape index (κ1) is 15.6. The number of benzene rings is 1. The highest BCUT2D eigenvalue weighted by Crippen LogP contribution is 2.41. The summed E-state index contributed by atoms with van der Waals surface area (Å²) < 4.78 is 19.7. The zero-order valence-corrected chi connectivity index (χ0v) is 14.1. The highest BCUT2D eigenvalue weighted by atomic mass is 19.1. The number of aromatic amines is 1. The molecule has 1 aliphatic carbocycles. The second-order valence-corrected chi connectivity index (χ2v) is 7.03. The number of amides is 1. The molecule has 1 aromatic heterocycles. The van der Waals surface area contributed by atoms with Gasteiger partial charge in [-0.05, 0) is 39.1 Å². The number of carbonyl (C=O) groups excluding carboxylic acids is 1. The van der Waals surface area contributed by atoms with Crippen LogP contribution in [0.4, 0.5) is 4.39 Å². The van der Waals surface area contributed by atoms with Crippen molar-refractivity contribution in [1.82, 2.24) is 15.2 Å². The molecule has 0 radical (unpaired) electrons. The third kappa shape index (κ3) is 2.17. The van der Waals surface area contributed by atoms with E-state index in [9.17, 15) is 9.18 Å². The standard InChI is InChI=1S/C18H22FN3O2/c1-9-10-5-4-6-12(19)14(10)20-13(9)18(23)21-15-11-7-8-24-17(11)16(15)22(2)3/h4-6,11,15-17,20H,7-8H2,1-3H3,(H,21,23)/t11-,15+,16-,17-/m1/s1. The Morgan fingerprint density at radius 3 is 2.92 bits per heavy atom. The van der Waals surface area contributed by atoms with Crippen molar-refractivity contribution in [3.63, 3.8) is 0 Å². The molecule has 128 valence electrons. The van der Waals surface area contributed by atoms with Crippen LogP contribution in [-0.2, 0) is 4.74 Å². The van der Waals surface area contributed by atoms with Crippen molar-refractivity contribution in [1.29, 1.82) is 0 Å². The molecular formula is C18H22FN3O2. The van der Waals surface area contributed by atoms with Gasteiger partial charge in [0.25, 0.3) is 5.91 Å². The molecule has 1 amide bonds. The van der Waals surface area contributed by atoms with Gasteiger partial charge in [0.1, 0.15) is 11.5 Å². The molecule has 2 aliphatic rings. The fourth-order valence-corrected chi connectivity index (χ4v) is 4.25. The second-order valence-electron chi connectivity index (χ2n) is 7.03. The van der Waals surface area contributed by atoms with Gasteiger partial charge >= 0.3 is 0 Å². The van der Waals surface area contributed by atoms with E-state index in [0.29, 0.717) is 17.1 Å². The van der Waals surface area contributed by atoms with Crippen molar-refractivity contribution in [2.24, 2.45) is 5.92 Å². The highest BCUT2D eigenvalue weighted by molar-refractivity contribution is 6.01. The summed E-state index contributed by atoms with van der Waals surface area (Å²) in [5.41, 5.74) is 1.61. The van der Waals surface area contributed by atoms with Crippen LogP contribution in [0.25, 0.3) is 10.9 Å². The van der Waals surface area contributed by atoms with Gasteiger partial charge in [0.2, 0.25) is 0 Å². The number of H-pyrrole nitrogens is 1. The molecule has 0 spiro atoms. The molecule has 0 bridgehead atoms. The summed E-state index contributed by atoms with van der Waals surface area (Å²) >= 11 is 0. The molecule has 6 heteroatoms. The Morgan fingerprint density at radius 1 is 1.42 bits per heavy atom. The number of nitrogens with one attached hydrogen (secondary N) is 2. The quantitative estimate of drug-likeness (QED) is 0.905. The van der Waals surface area contributed by atoms with Crippen LogP contribution in [0.3, 0.4) is 0 Å². The summed E-state index contributed by atoms with van der Waals surface area (Å²) in [6, 6.07) is 5.13. The van der Waals surface area contributed by atoms with Gasteiger partial charge in [-0.15, -0.1) is 0 Å². The van der Waals surface area contributed by atoms with Crippen molar-refractivity contribution in [2.75, 3.05) is 20.7 Å². The van der Waals surface area contributed by atoms with E-state index in [0.717, 1.165) is 24.0 Å². The van der Waals surface area contributed by atoms with Crippen molar-refractivity contribution >= 4 is 16.8 Å². The van der Waals surface area contributed by atoms with E-state index in [-0.39, 0.29) is 29.9 Å². The molecule has 5 nitrogen and oxygen atoms in total. The van der Waals surface area contributed by atoms with Gasteiger partial charge in [0.05, 0.1) is 23.7 Å². The van der Waals surface area contributed by atoms with E-state index >= 15 is 0 Å². The van der Waals surface area contributed by atoms with E-state index in [1.807, 2.05) is 27.1 Å². The summed E-state index contributed by atoms with van der Waals surface area (Å²) in [6.07, 6.45) is 1.17.